The lowest BCUT2D eigenvalue weighted by Crippen LogP contribution is -2.41. The van der Waals surface area contributed by atoms with Crippen LogP contribution in [-0.4, -0.2) is 43.8 Å². The molecule has 9 heteroatoms. The first-order valence-electron chi connectivity index (χ1n) is 7.94. The van der Waals surface area contributed by atoms with Crippen LogP contribution in [0.1, 0.15) is 32.3 Å². The summed E-state index contributed by atoms with van der Waals surface area (Å²) in [5, 5.41) is 2.78. The van der Waals surface area contributed by atoms with E-state index in [4.69, 9.17) is 16.3 Å². The molecule has 0 aromatic heterocycles. The van der Waals surface area contributed by atoms with Crippen molar-refractivity contribution >= 4 is 39.2 Å². The molecule has 1 saturated heterocycles. The van der Waals surface area contributed by atoms with Gasteiger partial charge in [0.2, 0.25) is 15.9 Å². The van der Waals surface area contributed by atoms with Gasteiger partial charge in [-0.05, 0) is 44.4 Å². The predicted octanol–water partition coefficient (Wildman–Crippen LogP) is 2.32. The van der Waals surface area contributed by atoms with E-state index in [9.17, 15) is 18.0 Å². The van der Waals surface area contributed by atoms with Crippen molar-refractivity contribution in [2.45, 2.75) is 44.6 Å². The lowest BCUT2D eigenvalue weighted by atomic mass is 10.2. The van der Waals surface area contributed by atoms with Gasteiger partial charge in [-0.3, -0.25) is 9.59 Å². The largest absolute Gasteiger partial charge is 0.465 e. The van der Waals surface area contributed by atoms with Gasteiger partial charge in [0.05, 0.1) is 12.3 Å². The molecular weight excluding hydrogens is 368 g/mol. The van der Waals surface area contributed by atoms with Crippen molar-refractivity contribution < 1.29 is 22.7 Å². The number of carbonyl (C=O) groups is 2. The molecule has 1 aromatic carbocycles. The molecule has 138 valence electrons. The third-order valence-electron chi connectivity index (χ3n) is 3.92. The molecule has 1 atom stereocenters. The summed E-state index contributed by atoms with van der Waals surface area (Å²) in [7, 11) is -4.03. The second kappa shape index (κ2) is 7.72. The molecule has 2 rings (SSSR count). The molecule has 0 radical (unpaired) electrons. The number of rotatable bonds is 5. The van der Waals surface area contributed by atoms with Crippen LogP contribution in [0.25, 0.3) is 0 Å². The Morgan fingerprint density at radius 1 is 1.40 bits per heavy atom. The molecule has 1 aliphatic heterocycles. The number of carbonyl (C=O) groups excluding carboxylic acids is 2. The fourth-order valence-corrected chi connectivity index (χ4v) is 4.82. The summed E-state index contributed by atoms with van der Waals surface area (Å²) in [4.78, 5) is 23.4. The summed E-state index contributed by atoms with van der Waals surface area (Å²) < 4.78 is 32.4. The quantitative estimate of drug-likeness (QED) is 0.781. The van der Waals surface area contributed by atoms with E-state index in [-0.39, 0.29) is 28.8 Å². The fourth-order valence-electron chi connectivity index (χ4n) is 2.79. The van der Waals surface area contributed by atoms with Crippen LogP contribution in [0, 0.1) is 6.92 Å². The van der Waals surface area contributed by atoms with Crippen molar-refractivity contribution in [3.05, 3.63) is 22.7 Å². The first-order chi connectivity index (χ1) is 11.7. The molecule has 0 saturated carbocycles. The van der Waals surface area contributed by atoms with Crippen LogP contribution >= 0.6 is 11.6 Å². The predicted molar refractivity (Wildman–Crippen MR) is 94.0 cm³/mol. The highest BCUT2D eigenvalue weighted by molar-refractivity contribution is 7.89. The third kappa shape index (κ3) is 4.13. The van der Waals surface area contributed by atoms with Crippen molar-refractivity contribution in [3.8, 4) is 0 Å². The van der Waals surface area contributed by atoms with Crippen LogP contribution in [0.5, 0.6) is 0 Å². The number of hydrogen-bond acceptors (Lipinski definition) is 5. The highest BCUT2D eigenvalue weighted by atomic mass is 35.5. The van der Waals surface area contributed by atoms with Gasteiger partial charge in [-0.2, -0.15) is 4.31 Å². The Balaban J connectivity index is 2.50. The van der Waals surface area contributed by atoms with Gasteiger partial charge in [0.1, 0.15) is 10.9 Å². The zero-order valence-corrected chi connectivity index (χ0v) is 15.9. The molecule has 1 heterocycles. The summed E-state index contributed by atoms with van der Waals surface area (Å²) in [5.41, 5.74) is 0.775. The second-order valence-corrected chi connectivity index (χ2v) is 8.07. The average molecular weight is 389 g/mol. The third-order valence-corrected chi connectivity index (χ3v) is 6.28. The Hall–Kier alpha value is -1.64. The van der Waals surface area contributed by atoms with E-state index in [1.54, 1.807) is 13.8 Å². The van der Waals surface area contributed by atoms with Crippen molar-refractivity contribution in [2.24, 2.45) is 0 Å². The van der Waals surface area contributed by atoms with Crippen LogP contribution in [0.3, 0.4) is 0 Å². The highest BCUT2D eigenvalue weighted by Crippen LogP contribution is 2.34. The maximum atomic E-state index is 13.1. The summed E-state index contributed by atoms with van der Waals surface area (Å²) in [6.45, 7) is 5.05. The number of nitrogens with one attached hydrogen (secondary N) is 1. The fraction of sp³-hybridized carbons (Fsp3) is 0.500. The Bertz CT molecular complexity index is 794. The SMILES string of the molecule is CCOC(=O)[C@@H]1CCCN1S(=O)(=O)c1cc(Cl)c(C)cc1NC(C)=O. The number of nitrogens with zero attached hydrogens (tertiary/aromatic N) is 1. The van der Waals surface area contributed by atoms with Gasteiger partial charge in [0, 0.05) is 18.5 Å². The standard InChI is InChI=1S/C16H21ClN2O5S/c1-4-24-16(21)14-6-5-7-19(14)25(22,23)15-9-12(17)10(2)8-13(15)18-11(3)20/h8-9,14H,4-7H2,1-3H3,(H,18,20)/t14-/m0/s1. The topological polar surface area (TPSA) is 92.8 Å². The summed E-state index contributed by atoms with van der Waals surface area (Å²) in [6.07, 6.45) is 0.949. The highest BCUT2D eigenvalue weighted by Gasteiger charge is 2.41. The van der Waals surface area contributed by atoms with E-state index in [0.717, 1.165) is 4.31 Å². The van der Waals surface area contributed by atoms with Gasteiger partial charge in [-0.25, -0.2) is 8.42 Å². The molecule has 0 aliphatic carbocycles. The van der Waals surface area contributed by atoms with Crippen molar-refractivity contribution in [3.63, 3.8) is 0 Å². The minimum atomic E-state index is -4.03. The molecule has 0 unspecified atom stereocenters. The summed E-state index contributed by atoms with van der Waals surface area (Å²) in [5.74, 6) is -0.968. The van der Waals surface area contributed by atoms with Gasteiger partial charge >= 0.3 is 5.97 Å². The first kappa shape index (κ1) is 19.7. The van der Waals surface area contributed by atoms with E-state index >= 15 is 0 Å². The number of halogens is 1. The number of aryl methyl sites for hydroxylation is 1. The van der Waals surface area contributed by atoms with Gasteiger partial charge in [-0.1, -0.05) is 11.6 Å². The van der Waals surface area contributed by atoms with Crippen molar-refractivity contribution in [1.29, 1.82) is 0 Å². The summed E-state index contributed by atoms with van der Waals surface area (Å²) >= 11 is 6.10. The Labute approximate surface area is 152 Å². The Kier molecular flexibility index (Phi) is 6.08. The molecule has 7 nitrogen and oxygen atoms in total. The number of ether oxygens (including phenoxy) is 1. The van der Waals surface area contributed by atoms with E-state index in [1.165, 1.54) is 19.1 Å². The van der Waals surface area contributed by atoms with Crippen LogP contribution in [0.15, 0.2) is 17.0 Å². The smallest absolute Gasteiger partial charge is 0.324 e. The molecule has 1 amide bonds. The Morgan fingerprint density at radius 3 is 2.68 bits per heavy atom. The maximum absolute atomic E-state index is 13.1. The molecular formula is C16H21ClN2O5S. The zero-order valence-electron chi connectivity index (χ0n) is 14.3. The molecule has 1 fully saturated rings. The number of hydrogen-bond donors (Lipinski definition) is 1. The van der Waals surface area contributed by atoms with E-state index in [0.29, 0.717) is 18.4 Å². The van der Waals surface area contributed by atoms with Crippen molar-refractivity contribution in [1.82, 2.24) is 4.31 Å². The second-order valence-electron chi connectivity index (χ2n) is 5.80. The van der Waals surface area contributed by atoms with Gasteiger partial charge < -0.3 is 10.1 Å². The monoisotopic (exact) mass is 388 g/mol. The maximum Gasteiger partial charge on any atom is 0.324 e. The zero-order chi connectivity index (χ0) is 18.8. The van der Waals surface area contributed by atoms with Gasteiger partial charge in [0.25, 0.3) is 0 Å². The molecule has 0 bridgehead atoms. The van der Waals surface area contributed by atoms with Crippen LogP contribution in [0.4, 0.5) is 5.69 Å². The minimum Gasteiger partial charge on any atom is -0.465 e. The average Bonchev–Trinajstić information content (AvgIpc) is 3.00. The van der Waals surface area contributed by atoms with Gasteiger partial charge in [-0.15, -0.1) is 0 Å². The Morgan fingerprint density at radius 2 is 2.08 bits per heavy atom. The number of anilines is 1. The molecule has 0 spiro atoms. The molecule has 1 N–H and O–H groups in total. The minimum absolute atomic E-state index is 0.130. The van der Waals surface area contributed by atoms with Crippen LogP contribution < -0.4 is 5.32 Å². The lowest BCUT2D eigenvalue weighted by Gasteiger charge is -2.24. The number of sulfonamides is 1. The molecule has 25 heavy (non-hydrogen) atoms. The molecule has 1 aromatic rings. The van der Waals surface area contributed by atoms with E-state index < -0.39 is 27.9 Å². The first-order valence-corrected chi connectivity index (χ1v) is 9.76. The van der Waals surface area contributed by atoms with Gasteiger partial charge in [0.15, 0.2) is 0 Å². The van der Waals surface area contributed by atoms with Crippen LogP contribution in [0.2, 0.25) is 5.02 Å². The molecule has 1 aliphatic rings. The van der Waals surface area contributed by atoms with Crippen LogP contribution in [-0.2, 0) is 24.3 Å². The number of amides is 1. The number of esters is 1. The normalized spacial score (nSPS) is 18.2. The van der Waals surface area contributed by atoms with E-state index in [1.807, 2.05) is 0 Å². The van der Waals surface area contributed by atoms with E-state index in [2.05, 4.69) is 5.32 Å². The van der Waals surface area contributed by atoms with Crippen molar-refractivity contribution in [2.75, 3.05) is 18.5 Å². The summed E-state index contributed by atoms with van der Waals surface area (Å²) in [6, 6.07) is 1.94. The number of benzene rings is 1. The lowest BCUT2D eigenvalue weighted by molar-refractivity contribution is -0.146.